The van der Waals surface area contributed by atoms with Crippen molar-refractivity contribution in [2.45, 2.75) is 49.4 Å². The van der Waals surface area contributed by atoms with Crippen LogP contribution in [0.25, 0.3) is 11.4 Å². The predicted molar refractivity (Wildman–Crippen MR) is 148 cm³/mol. The highest BCUT2D eigenvalue weighted by atomic mass is 79.9. The average molecular weight is 596 g/mol. The number of esters is 1. The zero-order valence-corrected chi connectivity index (χ0v) is 23.5. The van der Waals surface area contributed by atoms with Gasteiger partial charge in [-0.2, -0.15) is 0 Å². The number of hydrogen-bond acceptors (Lipinski definition) is 5. The molecule has 1 aliphatic carbocycles. The molecule has 4 aromatic rings. The lowest BCUT2D eigenvalue weighted by molar-refractivity contribution is 0.0513. The molecular weight excluding hydrogens is 568 g/mol. The first-order valence-corrected chi connectivity index (χ1v) is 14.7. The van der Waals surface area contributed by atoms with Crippen molar-refractivity contribution in [1.29, 1.82) is 0 Å². The highest BCUT2D eigenvalue weighted by Gasteiger charge is 2.32. The number of carbonyl (C=O) groups excluding carboxylic acids is 1. The normalized spacial score (nSPS) is 12.9. The zero-order chi connectivity index (χ0) is 27.0. The van der Waals surface area contributed by atoms with E-state index in [1.54, 1.807) is 25.1 Å². The number of benzene rings is 2. The van der Waals surface area contributed by atoms with Crippen LogP contribution in [0.3, 0.4) is 0 Å². The van der Waals surface area contributed by atoms with Crippen molar-refractivity contribution in [1.82, 2.24) is 9.55 Å². The van der Waals surface area contributed by atoms with Crippen molar-refractivity contribution in [2.24, 2.45) is 0 Å². The second-order valence-corrected chi connectivity index (χ2v) is 12.0. The van der Waals surface area contributed by atoms with E-state index >= 15 is 0 Å². The van der Waals surface area contributed by atoms with Crippen molar-refractivity contribution in [3.05, 3.63) is 103 Å². The molecule has 0 atom stereocenters. The molecule has 0 spiro atoms. The summed E-state index contributed by atoms with van der Waals surface area (Å²) in [4.78, 5) is 29.1. The predicted octanol–water partition coefficient (Wildman–Crippen LogP) is 5.46. The van der Waals surface area contributed by atoms with E-state index in [2.05, 4.69) is 20.9 Å². The summed E-state index contributed by atoms with van der Waals surface area (Å²) in [6.07, 6.45) is 1.93. The maximum atomic E-state index is 13.3. The molecule has 0 saturated heterocycles. The number of nitrogens with zero attached hydrogens (tertiary/aromatic N) is 1. The third-order valence-corrected chi connectivity index (χ3v) is 9.40. The van der Waals surface area contributed by atoms with Gasteiger partial charge in [-0.05, 0) is 83.9 Å². The van der Waals surface area contributed by atoms with Crippen LogP contribution in [-0.2, 0) is 34.0 Å². The fourth-order valence-electron chi connectivity index (χ4n) is 4.93. The molecule has 0 radical (unpaired) electrons. The van der Waals surface area contributed by atoms with Crippen LogP contribution in [0, 0.1) is 6.92 Å². The van der Waals surface area contributed by atoms with E-state index < -0.39 is 21.4 Å². The number of fused-ring (bicyclic) bond motifs is 3. The van der Waals surface area contributed by atoms with Gasteiger partial charge in [0.1, 0.15) is 10.6 Å². The minimum atomic E-state index is -4.01. The number of ether oxygens (including phenoxy) is 1. The lowest BCUT2D eigenvalue weighted by atomic mass is 10.1. The second-order valence-electron chi connectivity index (χ2n) is 9.31. The zero-order valence-electron chi connectivity index (χ0n) is 21.1. The number of carbonyl (C=O) groups is 1. The highest BCUT2D eigenvalue weighted by molar-refractivity contribution is 9.10. The van der Waals surface area contributed by atoms with Crippen molar-refractivity contribution in [3.8, 4) is 11.4 Å². The standard InChI is InChI=1S/C29H27BrN2O5S/c1-3-37-29(34)27-24(30)22-11-7-8-20-16-23(38(35,36)21-9-5-4-6-10-21)28(33)31-25(20)26(22)32(27)17-19-14-12-18(2)13-15-19/h4-6,9-10,12-16H,3,7-8,11,17H2,1-2H3,(H,31,33). The van der Waals surface area contributed by atoms with Gasteiger partial charge in [-0.1, -0.05) is 48.0 Å². The van der Waals surface area contributed by atoms with Crippen LogP contribution < -0.4 is 5.56 Å². The summed E-state index contributed by atoms with van der Waals surface area (Å²) in [5, 5.41) is 0. The average Bonchev–Trinajstić information content (AvgIpc) is 3.04. The molecule has 7 nitrogen and oxygen atoms in total. The SMILES string of the molecule is CCOC(=O)c1c(Br)c2c(n1Cc1ccc(C)cc1)-c1[nH]c(=O)c(S(=O)(=O)c3ccccc3)cc1CCC2. The van der Waals surface area contributed by atoms with Gasteiger partial charge in [0.15, 0.2) is 0 Å². The van der Waals surface area contributed by atoms with E-state index in [4.69, 9.17) is 4.74 Å². The molecule has 38 heavy (non-hydrogen) atoms. The van der Waals surface area contributed by atoms with E-state index in [0.29, 0.717) is 52.9 Å². The van der Waals surface area contributed by atoms with Gasteiger partial charge < -0.3 is 14.3 Å². The maximum Gasteiger partial charge on any atom is 0.356 e. The molecule has 196 valence electrons. The Kier molecular flexibility index (Phi) is 7.15. The molecule has 0 amide bonds. The maximum absolute atomic E-state index is 13.3. The molecule has 2 aromatic carbocycles. The molecule has 0 fully saturated rings. The van der Waals surface area contributed by atoms with Crippen LogP contribution >= 0.6 is 15.9 Å². The van der Waals surface area contributed by atoms with Crippen LogP contribution in [0.15, 0.2) is 79.7 Å². The van der Waals surface area contributed by atoms with Crippen molar-refractivity contribution < 1.29 is 17.9 Å². The van der Waals surface area contributed by atoms with Gasteiger partial charge in [-0.15, -0.1) is 0 Å². The molecule has 0 unspecified atom stereocenters. The Bertz CT molecular complexity index is 1690. The molecule has 1 aliphatic rings. The molecular formula is C29H27BrN2O5S. The van der Waals surface area contributed by atoms with Gasteiger partial charge in [0, 0.05) is 6.54 Å². The van der Waals surface area contributed by atoms with Crippen molar-refractivity contribution in [3.63, 3.8) is 0 Å². The first-order chi connectivity index (χ1) is 18.2. The number of H-pyrrole nitrogens is 1. The molecule has 0 bridgehead atoms. The fourth-order valence-corrected chi connectivity index (χ4v) is 7.05. The van der Waals surface area contributed by atoms with Crippen molar-refractivity contribution >= 4 is 31.7 Å². The van der Waals surface area contributed by atoms with Gasteiger partial charge in [-0.3, -0.25) is 4.79 Å². The third-order valence-electron chi connectivity index (χ3n) is 6.77. The topological polar surface area (TPSA) is 98.2 Å². The quantitative estimate of drug-likeness (QED) is 0.299. The Morgan fingerprint density at radius 2 is 1.79 bits per heavy atom. The van der Waals surface area contributed by atoms with Gasteiger partial charge in [0.25, 0.3) is 5.56 Å². The summed E-state index contributed by atoms with van der Waals surface area (Å²) in [5.74, 6) is -0.466. The number of sulfone groups is 1. The number of aromatic amines is 1. The van der Waals surface area contributed by atoms with Gasteiger partial charge >= 0.3 is 5.97 Å². The van der Waals surface area contributed by atoms with Crippen LogP contribution in [0.1, 0.15) is 46.1 Å². The second kappa shape index (κ2) is 10.4. The Morgan fingerprint density at radius 3 is 2.47 bits per heavy atom. The molecule has 9 heteroatoms. The van der Waals surface area contributed by atoms with E-state index in [1.165, 1.54) is 18.2 Å². The fraction of sp³-hybridized carbons (Fsp3) is 0.241. The van der Waals surface area contributed by atoms with E-state index in [9.17, 15) is 18.0 Å². The minimum absolute atomic E-state index is 0.0647. The van der Waals surface area contributed by atoms with E-state index in [1.807, 2.05) is 35.8 Å². The van der Waals surface area contributed by atoms with E-state index in [-0.39, 0.29) is 16.4 Å². The first-order valence-electron chi connectivity index (χ1n) is 12.4. The van der Waals surface area contributed by atoms with Gasteiger partial charge in [0.05, 0.1) is 27.4 Å². The number of halogens is 1. The van der Waals surface area contributed by atoms with Gasteiger partial charge in [-0.25, -0.2) is 13.2 Å². The summed E-state index contributed by atoms with van der Waals surface area (Å²) in [7, 11) is -4.01. The summed E-state index contributed by atoms with van der Waals surface area (Å²) < 4.78 is 34.6. The van der Waals surface area contributed by atoms with E-state index in [0.717, 1.165) is 16.7 Å². The van der Waals surface area contributed by atoms with Crippen LogP contribution in [0.5, 0.6) is 0 Å². The largest absolute Gasteiger partial charge is 0.461 e. The van der Waals surface area contributed by atoms with Crippen LogP contribution in [0.4, 0.5) is 0 Å². The van der Waals surface area contributed by atoms with Crippen LogP contribution in [0.2, 0.25) is 0 Å². The molecule has 1 N–H and O–H groups in total. The summed E-state index contributed by atoms with van der Waals surface area (Å²) in [6.45, 7) is 4.35. The Labute approximate surface area is 229 Å². The molecule has 0 saturated carbocycles. The Hall–Kier alpha value is -3.43. The lowest BCUT2D eigenvalue weighted by Crippen LogP contribution is -2.21. The number of pyridine rings is 1. The Morgan fingerprint density at radius 1 is 1.08 bits per heavy atom. The molecule has 2 aromatic heterocycles. The first kappa shape index (κ1) is 26.2. The monoisotopic (exact) mass is 594 g/mol. The molecule has 2 heterocycles. The lowest BCUT2D eigenvalue weighted by Gasteiger charge is -2.16. The Balaban J connectivity index is 1.74. The number of aromatic nitrogens is 2. The number of rotatable bonds is 6. The minimum Gasteiger partial charge on any atom is -0.461 e. The summed E-state index contributed by atoms with van der Waals surface area (Å²) >= 11 is 3.66. The molecule has 5 rings (SSSR count). The summed E-state index contributed by atoms with van der Waals surface area (Å²) in [5.41, 5.74) is 4.57. The smallest absolute Gasteiger partial charge is 0.356 e. The number of aryl methyl sites for hydroxylation is 2. The number of hydrogen-bond donors (Lipinski definition) is 1. The highest BCUT2D eigenvalue weighted by Crippen LogP contribution is 2.40. The molecule has 0 aliphatic heterocycles. The van der Waals surface area contributed by atoms with Crippen LogP contribution in [-0.4, -0.2) is 30.5 Å². The number of nitrogens with one attached hydrogen (secondary N) is 1. The third kappa shape index (κ3) is 4.65. The van der Waals surface area contributed by atoms with Crippen molar-refractivity contribution in [2.75, 3.05) is 6.61 Å². The van der Waals surface area contributed by atoms with Gasteiger partial charge in [0.2, 0.25) is 9.84 Å². The summed E-state index contributed by atoms with van der Waals surface area (Å²) in [6, 6.07) is 17.4.